The average molecular weight is 311 g/mol. The van der Waals surface area contributed by atoms with Crippen LogP contribution in [0.3, 0.4) is 0 Å². The third-order valence-electron chi connectivity index (χ3n) is 4.09. The van der Waals surface area contributed by atoms with Gasteiger partial charge >= 0.3 is 0 Å². The van der Waals surface area contributed by atoms with Gasteiger partial charge in [0.2, 0.25) is 0 Å². The highest BCUT2D eigenvalue weighted by atomic mass is 32.2. The minimum absolute atomic E-state index is 0.0664. The van der Waals surface area contributed by atoms with E-state index in [-0.39, 0.29) is 12.0 Å². The summed E-state index contributed by atoms with van der Waals surface area (Å²) in [6, 6.07) is 9.86. The second-order valence-corrected chi connectivity index (χ2v) is 7.37. The van der Waals surface area contributed by atoms with Crippen molar-refractivity contribution < 1.29 is 8.42 Å². The highest BCUT2D eigenvalue weighted by Crippen LogP contribution is 2.20. The zero-order valence-corrected chi connectivity index (χ0v) is 13.3. The normalized spacial score (nSPS) is 22.1. The number of hydrogen-bond donors (Lipinski definition) is 2. The highest BCUT2D eigenvalue weighted by Gasteiger charge is 2.31. The zero-order chi connectivity index (χ0) is 15.3. The first kappa shape index (κ1) is 16.4. The van der Waals surface area contributed by atoms with Gasteiger partial charge in [0.05, 0.1) is 0 Å². The number of nitrogens with two attached hydrogens (primary N) is 1. The minimum Gasteiger partial charge on any atom is -0.329 e. The largest absolute Gasteiger partial charge is 0.329 e. The third-order valence-corrected chi connectivity index (χ3v) is 5.72. The Labute approximate surface area is 127 Å². The molecule has 0 aliphatic carbocycles. The molecule has 2 unspecified atom stereocenters. The van der Waals surface area contributed by atoms with Crippen molar-refractivity contribution >= 4 is 10.2 Å². The number of piperidine rings is 1. The fourth-order valence-corrected chi connectivity index (χ4v) is 4.32. The van der Waals surface area contributed by atoms with Crippen molar-refractivity contribution in [1.82, 2.24) is 9.03 Å². The lowest BCUT2D eigenvalue weighted by Gasteiger charge is -2.34. The Morgan fingerprint density at radius 3 is 2.71 bits per heavy atom. The SMILES string of the molecule is CC(CNS(=O)(=O)N1CCCCC1CN)c1ccccc1. The second-order valence-electron chi connectivity index (χ2n) is 5.66. The molecule has 0 spiro atoms. The van der Waals surface area contributed by atoms with Gasteiger partial charge in [-0.25, -0.2) is 4.72 Å². The van der Waals surface area contributed by atoms with Crippen LogP contribution in [0.25, 0.3) is 0 Å². The molecule has 0 bridgehead atoms. The predicted molar refractivity (Wildman–Crippen MR) is 85.2 cm³/mol. The predicted octanol–water partition coefficient (Wildman–Crippen LogP) is 1.44. The van der Waals surface area contributed by atoms with E-state index in [2.05, 4.69) is 4.72 Å². The van der Waals surface area contributed by atoms with E-state index in [1.165, 1.54) is 4.31 Å². The molecule has 1 aromatic carbocycles. The molecule has 21 heavy (non-hydrogen) atoms. The zero-order valence-electron chi connectivity index (χ0n) is 12.5. The Kier molecular flexibility index (Phi) is 5.75. The van der Waals surface area contributed by atoms with Crippen LogP contribution in [0.4, 0.5) is 0 Å². The Morgan fingerprint density at radius 1 is 1.33 bits per heavy atom. The molecule has 0 radical (unpaired) electrons. The van der Waals surface area contributed by atoms with Crippen LogP contribution in [0, 0.1) is 0 Å². The number of benzene rings is 1. The number of nitrogens with zero attached hydrogens (tertiary/aromatic N) is 1. The maximum absolute atomic E-state index is 12.4. The molecular weight excluding hydrogens is 286 g/mol. The molecule has 1 saturated heterocycles. The lowest BCUT2D eigenvalue weighted by molar-refractivity contribution is 0.254. The van der Waals surface area contributed by atoms with Gasteiger partial charge in [-0.15, -0.1) is 0 Å². The van der Waals surface area contributed by atoms with Gasteiger partial charge in [0.15, 0.2) is 0 Å². The topological polar surface area (TPSA) is 75.4 Å². The summed E-state index contributed by atoms with van der Waals surface area (Å²) in [5, 5.41) is 0. The standard InChI is InChI=1S/C15H25N3O2S/c1-13(14-7-3-2-4-8-14)12-17-21(19,20)18-10-6-5-9-15(18)11-16/h2-4,7-8,13,15,17H,5-6,9-12,16H2,1H3. The smallest absolute Gasteiger partial charge is 0.279 e. The highest BCUT2D eigenvalue weighted by molar-refractivity contribution is 7.87. The summed E-state index contributed by atoms with van der Waals surface area (Å²) in [5.41, 5.74) is 6.84. The fraction of sp³-hybridized carbons (Fsp3) is 0.600. The third kappa shape index (κ3) is 4.26. The van der Waals surface area contributed by atoms with Crippen LogP contribution in [-0.4, -0.2) is 38.4 Å². The van der Waals surface area contributed by atoms with Gasteiger partial charge in [-0.2, -0.15) is 12.7 Å². The summed E-state index contributed by atoms with van der Waals surface area (Å²) in [4.78, 5) is 0. The van der Waals surface area contributed by atoms with E-state index in [9.17, 15) is 8.42 Å². The molecule has 6 heteroatoms. The molecule has 2 atom stereocenters. The van der Waals surface area contributed by atoms with Crippen molar-refractivity contribution in [3.8, 4) is 0 Å². The second kappa shape index (κ2) is 7.35. The Bertz CT molecular complexity index is 533. The molecule has 1 fully saturated rings. The lowest BCUT2D eigenvalue weighted by atomic mass is 10.0. The summed E-state index contributed by atoms with van der Waals surface area (Å²) < 4.78 is 29.2. The maximum Gasteiger partial charge on any atom is 0.279 e. The summed E-state index contributed by atoms with van der Waals surface area (Å²) in [6.45, 7) is 3.38. The summed E-state index contributed by atoms with van der Waals surface area (Å²) >= 11 is 0. The van der Waals surface area contributed by atoms with E-state index in [4.69, 9.17) is 5.73 Å². The van der Waals surface area contributed by atoms with Crippen LogP contribution in [0.2, 0.25) is 0 Å². The molecule has 118 valence electrons. The molecule has 0 amide bonds. The monoisotopic (exact) mass is 311 g/mol. The first-order valence-electron chi connectivity index (χ1n) is 7.56. The van der Waals surface area contributed by atoms with E-state index < -0.39 is 10.2 Å². The average Bonchev–Trinajstić information content (AvgIpc) is 2.53. The molecule has 0 saturated carbocycles. The lowest BCUT2D eigenvalue weighted by Crippen LogP contribution is -2.52. The fourth-order valence-electron chi connectivity index (χ4n) is 2.74. The maximum atomic E-state index is 12.4. The van der Waals surface area contributed by atoms with E-state index in [1.807, 2.05) is 37.3 Å². The number of hydrogen-bond acceptors (Lipinski definition) is 3. The first-order chi connectivity index (χ1) is 10.0. The van der Waals surface area contributed by atoms with E-state index >= 15 is 0 Å². The van der Waals surface area contributed by atoms with Crippen molar-refractivity contribution in [2.24, 2.45) is 5.73 Å². The summed E-state index contributed by atoms with van der Waals surface area (Å²) in [5.74, 6) is 0.141. The Hall–Kier alpha value is -0.950. The van der Waals surface area contributed by atoms with Gasteiger partial charge in [0.25, 0.3) is 10.2 Å². The van der Waals surface area contributed by atoms with Crippen LogP contribution in [0.15, 0.2) is 30.3 Å². The summed E-state index contributed by atoms with van der Waals surface area (Å²) in [6.07, 6.45) is 2.81. The first-order valence-corrected chi connectivity index (χ1v) is 9.00. The molecule has 1 aromatic rings. The van der Waals surface area contributed by atoms with Crippen molar-refractivity contribution in [2.45, 2.75) is 38.1 Å². The van der Waals surface area contributed by atoms with Crippen LogP contribution in [0.1, 0.15) is 37.7 Å². The molecular formula is C15H25N3O2S. The summed E-state index contributed by atoms with van der Waals surface area (Å²) in [7, 11) is -3.44. The molecule has 1 aliphatic heterocycles. The van der Waals surface area contributed by atoms with Crippen LogP contribution >= 0.6 is 0 Å². The van der Waals surface area contributed by atoms with Crippen molar-refractivity contribution in [3.63, 3.8) is 0 Å². The quantitative estimate of drug-likeness (QED) is 0.834. The van der Waals surface area contributed by atoms with Gasteiger partial charge in [-0.05, 0) is 24.3 Å². The minimum atomic E-state index is -3.44. The number of rotatable bonds is 6. The molecule has 1 aliphatic rings. The molecule has 3 N–H and O–H groups in total. The van der Waals surface area contributed by atoms with Crippen LogP contribution < -0.4 is 10.5 Å². The van der Waals surface area contributed by atoms with Crippen molar-refractivity contribution in [1.29, 1.82) is 0 Å². The van der Waals surface area contributed by atoms with Gasteiger partial charge in [0, 0.05) is 25.7 Å². The number of nitrogens with one attached hydrogen (secondary N) is 1. The van der Waals surface area contributed by atoms with Gasteiger partial charge in [0.1, 0.15) is 0 Å². The molecule has 2 rings (SSSR count). The van der Waals surface area contributed by atoms with Gasteiger partial charge in [-0.3, -0.25) is 0 Å². The van der Waals surface area contributed by atoms with Crippen molar-refractivity contribution in [2.75, 3.05) is 19.6 Å². The molecule has 1 heterocycles. The van der Waals surface area contributed by atoms with Crippen LogP contribution in [-0.2, 0) is 10.2 Å². The Balaban J connectivity index is 1.97. The van der Waals surface area contributed by atoms with Gasteiger partial charge in [-0.1, -0.05) is 43.7 Å². The van der Waals surface area contributed by atoms with Crippen LogP contribution in [0.5, 0.6) is 0 Å². The Morgan fingerprint density at radius 2 is 2.05 bits per heavy atom. The molecule has 0 aromatic heterocycles. The van der Waals surface area contributed by atoms with Crippen molar-refractivity contribution in [3.05, 3.63) is 35.9 Å². The molecule has 5 nitrogen and oxygen atoms in total. The van der Waals surface area contributed by atoms with Gasteiger partial charge < -0.3 is 5.73 Å². The van der Waals surface area contributed by atoms with E-state index in [0.29, 0.717) is 19.6 Å². The van der Waals surface area contributed by atoms with E-state index in [0.717, 1.165) is 24.8 Å². The van der Waals surface area contributed by atoms with E-state index in [1.54, 1.807) is 0 Å².